The van der Waals surface area contributed by atoms with Gasteiger partial charge in [0.05, 0.1) is 20.6 Å². The Morgan fingerprint density at radius 1 is 0.967 bits per heavy atom. The lowest BCUT2D eigenvalue weighted by Crippen LogP contribution is -2.19. The van der Waals surface area contributed by atoms with Crippen molar-refractivity contribution in [1.82, 2.24) is 0 Å². The number of alkyl halides is 6. The van der Waals surface area contributed by atoms with Gasteiger partial charge in [-0.15, -0.1) is 0 Å². The molecule has 2 rings (SSSR count). The molecule has 0 N–H and O–H groups in total. The van der Waals surface area contributed by atoms with Gasteiger partial charge in [0.25, 0.3) is 0 Å². The Morgan fingerprint density at radius 3 is 1.93 bits per heavy atom. The second kappa shape index (κ2) is 8.77. The highest BCUT2D eigenvalue weighted by molar-refractivity contribution is 6.48. The molecule has 2 aromatic rings. The number of Topliss-reactive ketones (excluding diaryl/α,β-unsaturated/α-hetero) is 1. The number of carbonyl (C=O) groups is 1. The Labute approximate surface area is 181 Å². The average molecular weight is 494 g/mol. The van der Waals surface area contributed by atoms with E-state index in [-0.39, 0.29) is 27.2 Å². The van der Waals surface area contributed by atoms with Crippen LogP contribution in [0.15, 0.2) is 36.4 Å². The first-order valence-corrected chi connectivity index (χ1v) is 9.07. The average Bonchev–Trinajstić information content (AvgIpc) is 2.61. The van der Waals surface area contributed by atoms with Crippen LogP contribution in [-0.2, 0) is 6.18 Å². The van der Waals surface area contributed by atoms with E-state index in [2.05, 4.69) is 0 Å². The summed E-state index contributed by atoms with van der Waals surface area (Å²) in [6.07, 6.45) is -9.94. The fourth-order valence-electron chi connectivity index (χ4n) is 2.61. The normalized spacial score (nSPS) is 14.0. The number of hydrogen-bond donors (Lipinski definition) is 0. The molecule has 0 fully saturated rings. The molecule has 1 nitrogen and oxygen atoms in total. The zero-order valence-corrected chi connectivity index (χ0v) is 17.0. The van der Waals surface area contributed by atoms with E-state index in [9.17, 15) is 35.5 Å². The molecule has 0 aromatic heterocycles. The van der Waals surface area contributed by atoms with E-state index in [0.29, 0.717) is 6.07 Å². The lowest BCUT2D eigenvalue weighted by molar-refractivity contribution is -0.140. The van der Waals surface area contributed by atoms with Crippen molar-refractivity contribution in [3.63, 3.8) is 0 Å². The molecular weight excluding hydrogens is 484 g/mol. The molecule has 0 saturated carbocycles. The van der Waals surface area contributed by atoms with Gasteiger partial charge in [-0.05, 0) is 36.8 Å². The van der Waals surface area contributed by atoms with Gasteiger partial charge in [0.2, 0.25) is 0 Å². The van der Waals surface area contributed by atoms with Gasteiger partial charge in [0, 0.05) is 11.1 Å². The van der Waals surface area contributed by atoms with Crippen molar-refractivity contribution in [3.05, 3.63) is 73.7 Å². The van der Waals surface area contributed by atoms with Crippen LogP contribution in [0.5, 0.6) is 0 Å². The van der Waals surface area contributed by atoms with E-state index in [0.717, 1.165) is 25.1 Å². The van der Waals surface area contributed by atoms with E-state index in [1.807, 2.05) is 0 Å². The molecular formula is C19H10Cl3F7O. The number of halogens is 10. The molecule has 0 aliphatic heterocycles. The molecule has 162 valence electrons. The zero-order chi connectivity index (χ0) is 23.0. The van der Waals surface area contributed by atoms with Crippen LogP contribution in [0.4, 0.5) is 30.7 Å². The van der Waals surface area contributed by atoms with E-state index < -0.39 is 52.1 Å². The summed E-state index contributed by atoms with van der Waals surface area (Å²) < 4.78 is 94.7. The molecule has 0 aliphatic rings. The van der Waals surface area contributed by atoms with Crippen molar-refractivity contribution in [2.45, 2.75) is 25.2 Å². The van der Waals surface area contributed by atoms with Gasteiger partial charge < -0.3 is 0 Å². The molecule has 1 atom stereocenters. The number of ketones is 1. The molecule has 30 heavy (non-hydrogen) atoms. The summed E-state index contributed by atoms with van der Waals surface area (Å²) in [5, 5.41) is -0.832. The number of allylic oxidation sites excluding steroid dienone is 1. The second-order valence-electron chi connectivity index (χ2n) is 6.15. The maximum absolute atomic E-state index is 14.6. The first-order chi connectivity index (χ1) is 13.6. The molecule has 11 heteroatoms. The number of carbonyl (C=O) groups excluding carboxylic acids is 1. The minimum absolute atomic E-state index is 0.0961. The topological polar surface area (TPSA) is 17.1 Å². The van der Waals surface area contributed by atoms with Crippen LogP contribution in [0.3, 0.4) is 0 Å². The molecule has 2 aromatic carbocycles. The van der Waals surface area contributed by atoms with Crippen LogP contribution >= 0.6 is 34.8 Å². The third kappa shape index (κ3) is 5.47. The highest BCUT2D eigenvalue weighted by Crippen LogP contribution is 2.42. The van der Waals surface area contributed by atoms with Crippen LogP contribution in [0.1, 0.15) is 39.9 Å². The van der Waals surface area contributed by atoms with Crippen LogP contribution < -0.4 is 0 Å². The standard InChI is InChI=1S/C19H10Cl3F7O/c1-8(30)11-3-2-9(4-13(11)19(27,28)29)16(23)7-12(18(24,25)26)10-5-14(20)17(22)15(21)6-10/h2-7,12H,1H3/b16-7-/t12-/m1/s1. The third-order valence-electron chi connectivity index (χ3n) is 4.01. The minimum atomic E-state index is -5.02. The fourth-order valence-corrected chi connectivity index (χ4v) is 3.22. The van der Waals surface area contributed by atoms with Crippen molar-refractivity contribution in [2.75, 3.05) is 0 Å². The number of hydrogen-bond acceptors (Lipinski definition) is 1. The molecule has 0 unspecified atom stereocenters. The Balaban J connectivity index is 2.62. The summed E-state index contributed by atoms with van der Waals surface area (Å²) in [5.41, 5.74) is -3.54. The lowest BCUT2D eigenvalue weighted by atomic mass is 9.95. The molecule has 0 radical (unpaired) electrons. The first-order valence-electron chi connectivity index (χ1n) is 7.94. The highest BCUT2D eigenvalue weighted by atomic mass is 35.5. The van der Waals surface area contributed by atoms with Gasteiger partial charge >= 0.3 is 12.4 Å². The van der Waals surface area contributed by atoms with Gasteiger partial charge in [0.1, 0.15) is 11.7 Å². The van der Waals surface area contributed by atoms with E-state index in [4.69, 9.17) is 34.8 Å². The Morgan fingerprint density at radius 2 is 1.50 bits per heavy atom. The molecule has 0 saturated heterocycles. The SMILES string of the molecule is CC(=O)c1ccc(/C(F)=C/[C@H](c2cc(Cl)c(Cl)c(Cl)c2)C(F)(F)F)cc1C(F)(F)F. The van der Waals surface area contributed by atoms with Crippen molar-refractivity contribution < 1.29 is 35.5 Å². The largest absolute Gasteiger partial charge is 0.417 e. The van der Waals surface area contributed by atoms with E-state index >= 15 is 0 Å². The minimum Gasteiger partial charge on any atom is -0.294 e. The van der Waals surface area contributed by atoms with Gasteiger partial charge in [-0.3, -0.25) is 4.79 Å². The van der Waals surface area contributed by atoms with Crippen LogP contribution in [0, 0.1) is 0 Å². The maximum atomic E-state index is 14.6. The molecule has 0 bridgehead atoms. The van der Waals surface area contributed by atoms with E-state index in [1.54, 1.807) is 0 Å². The maximum Gasteiger partial charge on any atom is 0.417 e. The smallest absolute Gasteiger partial charge is 0.294 e. The Kier molecular flexibility index (Phi) is 7.16. The van der Waals surface area contributed by atoms with Gasteiger partial charge in [-0.2, -0.15) is 26.3 Å². The Hall–Kier alpha value is -1.77. The predicted molar refractivity (Wildman–Crippen MR) is 101 cm³/mol. The zero-order valence-electron chi connectivity index (χ0n) is 14.7. The van der Waals surface area contributed by atoms with Crippen LogP contribution in [0.2, 0.25) is 15.1 Å². The summed E-state index contributed by atoms with van der Waals surface area (Å²) in [5.74, 6) is -5.09. The summed E-state index contributed by atoms with van der Waals surface area (Å²) in [6.45, 7) is 0.879. The lowest BCUT2D eigenvalue weighted by Gasteiger charge is -2.19. The monoisotopic (exact) mass is 492 g/mol. The predicted octanol–water partition coefficient (Wildman–Crippen LogP) is 8.52. The van der Waals surface area contributed by atoms with Crippen molar-refractivity contribution in [1.29, 1.82) is 0 Å². The fraction of sp³-hybridized carbons (Fsp3) is 0.211. The third-order valence-corrected chi connectivity index (χ3v) is 5.21. The second-order valence-corrected chi connectivity index (χ2v) is 7.34. The number of rotatable bonds is 4. The van der Waals surface area contributed by atoms with Crippen LogP contribution in [-0.4, -0.2) is 12.0 Å². The Bertz CT molecular complexity index is 987. The first kappa shape index (κ1) is 24.5. The van der Waals surface area contributed by atoms with Gasteiger partial charge in [0.15, 0.2) is 5.78 Å². The summed E-state index contributed by atoms with van der Waals surface area (Å²) in [7, 11) is 0. The quantitative estimate of drug-likeness (QED) is 0.237. The van der Waals surface area contributed by atoms with Crippen LogP contribution in [0.25, 0.3) is 5.83 Å². The van der Waals surface area contributed by atoms with Crippen molar-refractivity contribution >= 4 is 46.4 Å². The highest BCUT2D eigenvalue weighted by Gasteiger charge is 2.41. The molecule has 0 amide bonds. The van der Waals surface area contributed by atoms with E-state index in [1.165, 1.54) is 0 Å². The molecule has 0 spiro atoms. The molecule has 0 heterocycles. The van der Waals surface area contributed by atoms with Crippen molar-refractivity contribution in [2.24, 2.45) is 0 Å². The summed E-state index contributed by atoms with van der Waals surface area (Å²) >= 11 is 17.2. The summed E-state index contributed by atoms with van der Waals surface area (Å²) in [4.78, 5) is 11.4. The molecule has 0 aliphatic carbocycles. The van der Waals surface area contributed by atoms with Gasteiger partial charge in [-0.1, -0.05) is 46.9 Å². The van der Waals surface area contributed by atoms with Gasteiger partial charge in [-0.25, -0.2) is 4.39 Å². The number of benzene rings is 2. The van der Waals surface area contributed by atoms with Crippen molar-refractivity contribution in [3.8, 4) is 0 Å². The summed E-state index contributed by atoms with van der Waals surface area (Å²) in [6, 6.07) is 3.42.